The molecule has 1 atom stereocenters. The maximum atomic E-state index is 13.5. The third-order valence-electron chi connectivity index (χ3n) is 3.39. The molecule has 6 heteroatoms. The summed E-state index contributed by atoms with van der Waals surface area (Å²) >= 11 is 0. The summed E-state index contributed by atoms with van der Waals surface area (Å²) in [7, 11) is 1.84. The summed E-state index contributed by atoms with van der Waals surface area (Å²) in [6.45, 7) is 2.67. The van der Waals surface area contributed by atoms with Crippen LogP contribution in [-0.4, -0.2) is 22.1 Å². The summed E-state index contributed by atoms with van der Waals surface area (Å²) < 4.78 is 15.3. The average molecular weight is 304 g/mol. The Hall–Kier alpha value is -2.37. The molecule has 2 rings (SSSR count). The lowest BCUT2D eigenvalue weighted by atomic mass is 10.1. The van der Waals surface area contributed by atoms with Gasteiger partial charge < -0.3 is 15.2 Å². The van der Waals surface area contributed by atoms with Crippen LogP contribution < -0.4 is 10.6 Å². The van der Waals surface area contributed by atoms with Crippen molar-refractivity contribution in [3.8, 4) is 0 Å². The van der Waals surface area contributed by atoms with Gasteiger partial charge in [0.25, 0.3) is 0 Å². The number of nitrogens with zero attached hydrogens (tertiary/aromatic N) is 2. The number of halogens is 1. The molecule has 1 aromatic heterocycles. The van der Waals surface area contributed by atoms with Crippen LogP contribution in [0.3, 0.4) is 0 Å². The van der Waals surface area contributed by atoms with E-state index in [1.807, 2.05) is 11.6 Å². The van der Waals surface area contributed by atoms with Crippen LogP contribution in [0, 0.1) is 5.82 Å². The summed E-state index contributed by atoms with van der Waals surface area (Å²) in [5.74, 6) is 0.307. The van der Waals surface area contributed by atoms with Crippen LogP contribution in [0.4, 0.5) is 9.18 Å². The predicted octanol–water partition coefficient (Wildman–Crippen LogP) is 2.75. The fourth-order valence-electron chi connectivity index (χ4n) is 2.20. The number of aromatic nitrogens is 2. The summed E-state index contributed by atoms with van der Waals surface area (Å²) in [6, 6.07) is 5.39. The number of unbranched alkanes of at least 4 members (excludes halogenated alkanes) is 1. The SMILES string of the molecule is CCCCNC(=O)N[C@H](c1cccc(F)c1)c1nccn1C. The Bertz CT molecular complexity index is 626. The molecule has 0 aliphatic heterocycles. The molecule has 0 radical (unpaired) electrons. The lowest BCUT2D eigenvalue weighted by molar-refractivity contribution is 0.238. The van der Waals surface area contributed by atoms with Crippen molar-refractivity contribution in [2.75, 3.05) is 6.54 Å². The van der Waals surface area contributed by atoms with Crippen LogP contribution in [-0.2, 0) is 7.05 Å². The van der Waals surface area contributed by atoms with Crippen molar-refractivity contribution in [2.45, 2.75) is 25.8 Å². The Labute approximate surface area is 129 Å². The van der Waals surface area contributed by atoms with Crippen molar-refractivity contribution >= 4 is 6.03 Å². The molecule has 0 aliphatic carbocycles. The number of carbonyl (C=O) groups excluding carboxylic acids is 1. The minimum absolute atomic E-state index is 0.286. The molecule has 22 heavy (non-hydrogen) atoms. The van der Waals surface area contributed by atoms with E-state index in [0.717, 1.165) is 12.8 Å². The van der Waals surface area contributed by atoms with E-state index in [1.54, 1.807) is 24.5 Å². The monoisotopic (exact) mass is 304 g/mol. The molecule has 2 amide bonds. The second kappa shape index (κ2) is 7.59. The zero-order valence-electron chi connectivity index (χ0n) is 12.8. The molecule has 2 aromatic rings. The Kier molecular flexibility index (Phi) is 5.52. The minimum Gasteiger partial charge on any atom is -0.338 e. The third-order valence-corrected chi connectivity index (χ3v) is 3.39. The molecule has 0 unspecified atom stereocenters. The lowest BCUT2D eigenvalue weighted by Gasteiger charge is -2.19. The van der Waals surface area contributed by atoms with Gasteiger partial charge in [-0.2, -0.15) is 0 Å². The molecule has 0 aliphatic rings. The number of carbonyl (C=O) groups is 1. The Morgan fingerprint density at radius 2 is 2.27 bits per heavy atom. The summed E-state index contributed by atoms with van der Waals surface area (Å²) in [4.78, 5) is 16.3. The second-order valence-corrected chi connectivity index (χ2v) is 5.14. The number of aryl methyl sites for hydroxylation is 1. The fraction of sp³-hybridized carbons (Fsp3) is 0.375. The highest BCUT2D eigenvalue weighted by Gasteiger charge is 2.20. The van der Waals surface area contributed by atoms with Crippen LogP contribution in [0.15, 0.2) is 36.7 Å². The maximum absolute atomic E-state index is 13.5. The van der Waals surface area contributed by atoms with Crippen LogP contribution in [0.25, 0.3) is 0 Å². The van der Waals surface area contributed by atoms with Gasteiger partial charge in [0.1, 0.15) is 17.7 Å². The van der Waals surface area contributed by atoms with Gasteiger partial charge in [0, 0.05) is 26.0 Å². The van der Waals surface area contributed by atoms with Gasteiger partial charge >= 0.3 is 6.03 Å². The third kappa shape index (κ3) is 4.07. The van der Waals surface area contributed by atoms with E-state index in [2.05, 4.69) is 22.5 Å². The molecular formula is C16H21FN4O. The van der Waals surface area contributed by atoms with E-state index in [9.17, 15) is 9.18 Å². The summed E-state index contributed by atoms with van der Waals surface area (Å²) in [5.41, 5.74) is 0.653. The highest BCUT2D eigenvalue weighted by Crippen LogP contribution is 2.21. The van der Waals surface area contributed by atoms with Crippen molar-refractivity contribution in [3.05, 3.63) is 53.9 Å². The molecule has 0 bridgehead atoms. The molecule has 2 N–H and O–H groups in total. The van der Waals surface area contributed by atoms with Gasteiger partial charge in [0.15, 0.2) is 0 Å². The Morgan fingerprint density at radius 3 is 2.91 bits per heavy atom. The van der Waals surface area contributed by atoms with Gasteiger partial charge in [0.2, 0.25) is 0 Å². The maximum Gasteiger partial charge on any atom is 0.315 e. The number of amides is 2. The van der Waals surface area contributed by atoms with E-state index >= 15 is 0 Å². The normalized spacial score (nSPS) is 12.0. The first-order valence-corrected chi connectivity index (χ1v) is 7.39. The highest BCUT2D eigenvalue weighted by molar-refractivity contribution is 5.74. The summed E-state index contributed by atoms with van der Waals surface area (Å²) in [5, 5.41) is 5.66. The topological polar surface area (TPSA) is 59.0 Å². The number of nitrogens with one attached hydrogen (secondary N) is 2. The van der Waals surface area contributed by atoms with Crippen molar-refractivity contribution < 1.29 is 9.18 Å². The standard InChI is InChI=1S/C16H21FN4O/c1-3-4-8-19-16(22)20-14(15-18-9-10-21(15)2)12-6-5-7-13(17)11-12/h5-7,9-11,14H,3-4,8H2,1-2H3,(H2,19,20,22)/t14-/m1/s1. The first-order chi connectivity index (χ1) is 10.6. The predicted molar refractivity (Wildman–Crippen MR) is 82.9 cm³/mol. The molecule has 1 aromatic carbocycles. The first kappa shape index (κ1) is 16.0. The molecule has 1 heterocycles. The number of urea groups is 1. The van der Waals surface area contributed by atoms with Crippen molar-refractivity contribution in [2.24, 2.45) is 7.05 Å². The van der Waals surface area contributed by atoms with Crippen LogP contribution in [0.1, 0.15) is 37.2 Å². The van der Waals surface area contributed by atoms with Gasteiger partial charge in [-0.05, 0) is 24.1 Å². The van der Waals surface area contributed by atoms with Crippen LogP contribution in [0.2, 0.25) is 0 Å². The summed E-state index contributed by atoms with van der Waals surface area (Å²) in [6.07, 6.45) is 5.37. The molecule has 0 saturated carbocycles. The largest absolute Gasteiger partial charge is 0.338 e. The second-order valence-electron chi connectivity index (χ2n) is 5.14. The van der Waals surface area contributed by atoms with E-state index in [0.29, 0.717) is 17.9 Å². The fourth-order valence-corrected chi connectivity index (χ4v) is 2.20. The van der Waals surface area contributed by atoms with E-state index < -0.39 is 6.04 Å². The molecular weight excluding hydrogens is 283 g/mol. The van der Waals surface area contributed by atoms with E-state index in [-0.39, 0.29) is 11.8 Å². The van der Waals surface area contributed by atoms with Gasteiger partial charge in [-0.3, -0.25) is 0 Å². The van der Waals surface area contributed by atoms with Crippen molar-refractivity contribution in [3.63, 3.8) is 0 Å². The quantitative estimate of drug-likeness (QED) is 0.806. The number of hydrogen-bond acceptors (Lipinski definition) is 2. The zero-order chi connectivity index (χ0) is 15.9. The van der Waals surface area contributed by atoms with Crippen LogP contribution in [0.5, 0.6) is 0 Å². The van der Waals surface area contributed by atoms with Gasteiger partial charge in [-0.15, -0.1) is 0 Å². The van der Waals surface area contributed by atoms with E-state index in [1.165, 1.54) is 12.1 Å². The number of benzene rings is 1. The molecule has 5 nitrogen and oxygen atoms in total. The number of imidazole rings is 1. The molecule has 0 saturated heterocycles. The molecule has 118 valence electrons. The van der Waals surface area contributed by atoms with Gasteiger partial charge in [-0.25, -0.2) is 14.2 Å². The molecule has 0 spiro atoms. The first-order valence-electron chi connectivity index (χ1n) is 7.39. The lowest BCUT2D eigenvalue weighted by Crippen LogP contribution is -2.39. The number of rotatable bonds is 6. The molecule has 0 fully saturated rings. The Morgan fingerprint density at radius 1 is 1.45 bits per heavy atom. The van der Waals surface area contributed by atoms with Gasteiger partial charge in [0.05, 0.1) is 0 Å². The van der Waals surface area contributed by atoms with Crippen molar-refractivity contribution in [1.29, 1.82) is 0 Å². The highest BCUT2D eigenvalue weighted by atomic mass is 19.1. The zero-order valence-corrected chi connectivity index (χ0v) is 12.8. The average Bonchev–Trinajstić information content (AvgIpc) is 2.91. The van der Waals surface area contributed by atoms with Crippen LogP contribution >= 0.6 is 0 Å². The smallest absolute Gasteiger partial charge is 0.315 e. The van der Waals surface area contributed by atoms with Gasteiger partial charge in [-0.1, -0.05) is 25.5 Å². The minimum atomic E-state index is -0.502. The van der Waals surface area contributed by atoms with Crippen molar-refractivity contribution in [1.82, 2.24) is 20.2 Å². The number of hydrogen-bond donors (Lipinski definition) is 2. The Balaban J connectivity index is 2.19. The van der Waals surface area contributed by atoms with E-state index in [4.69, 9.17) is 0 Å².